The normalized spacial score (nSPS) is 11.0. The number of alkyl halides is 2. The van der Waals surface area contributed by atoms with E-state index < -0.39 is 21.8 Å². The van der Waals surface area contributed by atoms with E-state index in [1.54, 1.807) is 0 Å². The molecule has 0 atom stereocenters. The van der Waals surface area contributed by atoms with Crippen molar-refractivity contribution >= 4 is 45.0 Å². The Balaban J connectivity index is 2.20. The molecule has 0 fully saturated rings. The first-order valence-electron chi connectivity index (χ1n) is 6.85. The van der Waals surface area contributed by atoms with Gasteiger partial charge in [0.05, 0.1) is 9.79 Å². The van der Waals surface area contributed by atoms with E-state index in [0.717, 1.165) is 0 Å². The van der Waals surface area contributed by atoms with Gasteiger partial charge in [-0.1, -0.05) is 0 Å². The summed E-state index contributed by atoms with van der Waals surface area (Å²) in [5, 5.41) is 0. The van der Waals surface area contributed by atoms with Crippen molar-refractivity contribution in [3.8, 4) is 11.5 Å². The Hall–Kier alpha value is -2.09. The van der Waals surface area contributed by atoms with E-state index in [1.807, 2.05) is 0 Å². The Labute approximate surface area is 154 Å². The average Bonchev–Trinajstić information content (AvgIpc) is 2.62. The molecule has 0 saturated carbocycles. The molecule has 0 bridgehead atoms. The molecule has 0 saturated heterocycles. The van der Waals surface area contributed by atoms with Crippen molar-refractivity contribution in [2.75, 3.05) is 11.8 Å². The Morgan fingerprint density at radius 2 is 1.04 bits per heavy atom. The lowest BCUT2D eigenvalue weighted by Gasteiger charge is -2.07. The van der Waals surface area contributed by atoms with Gasteiger partial charge in [0.25, 0.3) is 0 Å². The Morgan fingerprint density at radius 1 is 0.720 bits per heavy atom. The molecule has 0 aliphatic rings. The maximum atomic E-state index is 12.6. The minimum Gasteiger partial charge on any atom is -0.426 e. The first-order valence-corrected chi connectivity index (χ1v) is 9.40. The second kappa shape index (κ2) is 8.33. The number of ether oxygens (including phenoxy) is 2. The van der Waals surface area contributed by atoms with Gasteiger partial charge in [0.15, 0.2) is 0 Å². The second-order valence-corrected chi connectivity index (χ2v) is 7.15. The van der Waals surface area contributed by atoms with Crippen molar-refractivity contribution in [3.05, 3.63) is 48.5 Å². The summed E-state index contributed by atoms with van der Waals surface area (Å²) in [6.07, 6.45) is 0. The maximum Gasteiger partial charge on any atom is 0.326 e. The van der Waals surface area contributed by atoms with Gasteiger partial charge in [-0.15, -0.1) is 23.2 Å². The van der Waals surface area contributed by atoms with Crippen molar-refractivity contribution in [2.24, 2.45) is 0 Å². The third-order valence-corrected chi connectivity index (χ3v) is 5.17. The fourth-order valence-corrected chi connectivity index (χ4v) is 3.20. The fraction of sp³-hybridized carbons (Fsp3) is 0.125. The van der Waals surface area contributed by atoms with Gasteiger partial charge in [0.1, 0.15) is 23.3 Å². The number of benzene rings is 2. The molecule has 2 aromatic carbocycles. The topological polar surface area (TPSA) is 86.7 Å². The number of sulfone groups is 1. The Bertz CT molecular complexity index is 793. The average molecular weight is 403 g/mol. The zero-order valence-electron chi connectivity index (χ0n) is 12.6. The predicted molar refractivity (Wildman–Crippen MR) is 91.0 cm³/mol. The molecular formula is C16H12Cl2O6S. The summed E-state index contributed by atoms with van der Waals surface area (Å²) < 4.78 is 34.9. The van der Waals surface area contributed by atoms with Crippen LogP contribution in [0.5, 0.6) is 11.5 Å². The van der Waals surface area contributed by atoms with Gasteiger partial charge < -0.3 is 9.47 Å². The van der Waals surface area contributed by atoms with Crippen molar-refractivity contribution in [2.45, 2.75) is 9.79 Å². The van der Waals surface area contributed by atoms with Gasteiger partial charge in [-0.05, 0) is 48.5 Å². The van der Waals surface area contributed by atoms with E-state index in [0.29, 0.717) is 0 Å². The zero-order chi connectivity index (χ0) is 18.4. The first-order chi connectivity index (χ1) is 11.9. The first kappa shape index (κ1) is 19.2. The minimum absolute atomic E-state index is 0.0173. The van der Waals surface area contributed by atoms with Crippen molar-refractivity contribution in [1.82, 2.24) is 0 Å². The lowest BCUT2D eigenvalue weighted by atomic mass is 10.3. The molecule has 0 unspecified atom stereocenters. The largest absolute Gasteiger partial charge is 0.426 e. The highest BCUT2D eigenvalue weighted by Gasteiger charge is 2.18. The number of carbonyl (C=O) groups is 2. The predicted octanol–water partition coefficient (Wildman–Crippen LogP) is 2.81. The smallest absolute Gasteiger partial charge is 0.326 e. The number of hydrogen-bond donors (Lipinski definition) is 0. The van der Waals surface area contributed by atoms with E-state index >= 15 is 0 Å². The van der Waals surface area contributed by atoms with Crippen LogP contribution in [0.3, 0.4) is 0 Å². The van der Waals surface area contributed by atoms with Crippen LogP contribution in [0, 0.1) is 0 Å². The molecule has 0 heterocycles. The molecule has 0 aromatic heterocycles. The van der Waals surface area contributed by atoms with Crippen LogP contribution in [0.15, 0.2) is 58.3 Å². The molecule has 0 aliphatic heterocycles. The summed E-state index contributed by atoms with van der Waals surface area (Å²) in [6, 6.07) is 10.7. The van der Waals surface area contributed by atoms with Crippen LogP contribution in [0.4, 0.5) is 0 Å². The van der Waals surface area contributed by atoms with Crippen molar-refractivity contribution < 1.29 is 27.5 Å². The number of rotatable bonds is 6. The molecule has 2 rings (SSSR count). The lowest BCUT2D eigenvalue weighted by molar-refractivity contribution is -0.132. The highest BCUT2D eigenvalue weighted by Crippen LogP contribution is 2.25. The van der Waals surface area contributed by atoms with Crippen LogP contribution in [0.2, 0.25) is 0 Å². The van der Waals surface area contributed by atoms with Gasteiger partial charge in [-0.25, -0.2) is 8.42 Å². The molecule has 0 radical (unpaired) electrons. The Morgan fingerprint density at radius 3 is 1.32 bits per heavy atom. The second-order valence-electron chi connectivity index (χ2n) is 4.66. The van der Waals surface area contributed by atoms with Crippen molar-refractivity contribution in [1.29, 1.82) is 0 Å². The molecule has 132 valence electrons. The van der Waals surface area contributed by atoms with Gasteiger partial charge in [-0.2, -0.15) is 0 Å². The van der Waals surface area contributed by atoms with Gasteiger partial charge in [0, 0.05) is 0 Å². The number of hydrogen-bond acceptors (Lipinski definition) is 6. The Kier molecular flexibility index (Phi) is 6.41. The van der Waals surface area contributed by atoms with Crippen LogP contribution in [0.25, 0.3) is 0 Å². The third-order valence-electron chi connectivity index (χ3n) is 2.95. The van der Waals surface area contributed by atoms with E-state index in [9.17, 15) is 18.0 Å². The van der Waals surface area contributed by atoms with Gasteiger partial charge >= 0.3 is 11.9 Å². The van der Waals surface area contributed by atoms with Crippen molar-refractivity contribution in [3.63, 3.8) is 0 Å². The summed E-state index contributed by atoms with van der Waals surface area (Å²) in [7, 11) is -3.77. The van der Waals surface area contributed by atoms with Crippen LogP contribution in [0.1, 0.15) is 0 Å². The molecule has 6 nitrogen and oxygen atoms in total. The highest BCUT2D eigenvalue weighted by molar-refractivity contribution is 7.91. The molecule has 2 aromatic rings. The number of esters is 2. The lowest BCUT2D eigenvalue weighted by Crippen LogP contribution is -2.09. The molecule has 9 heteroatoms. The minimum atomic E-state index is -3.77. The summed E-state index contributed by atoms with van der Waals surface area (Å²) in [5.74, 6) is -1.51. The standard InChI is InChI=1S/C16H12Cl2O6S/c17-9-15(19)23-11-1-5-13(6-2-11)25(21,22)14-7-3-12(4-8-14)24-16(20)10-18/h1-8H,9-10H2. The maximum absolute atomic E-state index is 12.6. The summed E-state index contributed by atoms with van der Waals surface area (Å²) in [5.41, 5.74) is 0. The molecular weight excluding hydrogens is 391 g/mol. The van der Waals surface area contributed by atoms with Gasteiger partial charge in [0.2, 0.25) is 9.84 Å². The van der Waals surface area contributed by atoms with Gasteiger partial charge in [-0.3, -0.25) is 9.59 Å². The summed E-state index contributed by atoms with van der Waals surface area (Å²) >= 11 is 10.7. The summed E-state index contributed by atoms with van der Waals surface area (Å²) in [4.78, 5) is 22.2. The molecule has 0 N–H and O–H groups in total. The summed E-state index contributed by atoms with van der Waals surface area (Å²) in [6.45, 7) is 0. The number of halogens is 2. The van der Waals surface area contributed by atoms with E-state index in [1.165, 1.54) is 48.5 Å². The quantitative estimate of drug-likeness (QED) is 0.419. The molecule has 0 spiro atoms. The van der Waals surface area contributed by atoms with Crippen LogP contribution in [-0.4, -0.2) is 32.1 Å². The molecule has 25 heavy (non-hydrogen) atoms. The monoisotopic (exact) mass is 402 g/mol. The molecule has 0 aliphatic carbocycles. The zero-order valence-corrected chi connectivity index (χ0v) is 15.0. The van der Waals surface area contributed by atoms with Crippen LogP contribution < -0.4 is 9.47 Å². The van der Waals surface area contributed by atoms with Crippen LogP contribution >= 0.6 is 23.2 Å². The number of carbonyl (C=O) groups excluding carboxylic acids is 2. The van der Waals surface area contributed by atoms with E-state index in [-0.39, 0.29) is 33.0 Å². The third kappa shape index (κ3) is 4.94. The fourth-order valence-electron chi connectivity index (χ4n) is 1.83. The van der Waals surface area contributed by atoms with Crippen LogP contribution in [-0.2, 0) is 19.4 Å². The SMILES string of the molecule is O=C(CCl)Oc1ccc(S(=O)(=O)c2ccc(OC(=O)CCl)cc2)cc1. The highest BCUT2D eigenvalue weighted by atomic mass is 35.5. The van der Waals surface area contributed by atoms with E-state index in [2.05, 4.69) is 0 Å². The molecule has 0 amide bonds. The van der Waals surface area contributed by atoms with E-state index in [4.69, 9.17) is 32.7 Å².